The number of benzene rings is 2. The molecular formula is C26H19Cl2NO5. The Labute approximate surface area is 205 Å². The molecule has 0 aromatic heterocycles. The number of hydrogen-bond acceptors (Lipinski definition) is 5. The molecule has 7 rings (SSSR count). The lowest BCUT2D eigenvalue weighted by molar-refractivity contribution is -0.124. The number of carbonyl (C=O) groups excluding carboxylic acids is 4. The molecule has 2 saturated carbocycles. The SMILES string of the molecule is O=C(OCC(=O)c1ccc(Cl)cc1Cl)c1ccc(N2C(=O)[C@@H]3[C@H]4C=C[C@@H]([C@@H]5C[C@@H]45)[C@H]3C2=O)cc1. The van der Waals surface area contributed by atoms with Crippen LogP contribution in [0.15, 0.2) is 54.6 Å². The summed E-state index contributed by atoms with van der Waals surface area (Å²) in [4.78, 5) is 52.5. The lowest BCUT2D eigenvalue weighted by Gasteiger charge is -2.37. The lowest BCUT2D eigenvalue weighted by Crippen LogP contribution is -2.40. The molecule has 1 saturated heterocycles. The molecule has 1 heterocycles. The lowest BCUT2D eigenvalue weighted by atomic mass is 9.63. The molecule has 2 aromatic rings. The Hall–Kier alpha value is -2.96. The van der Waals surface area contributed by atoms with Crippen LogP contribution in [-0.2, 0) is 14.3 Å². The normalized spacial score (nSPS) is 30.2. The van der Waals surface area contributed by atoms with E-state index in [-0.39, 0.29) is 51.6 Å². The highest BCUT2D eigenvalue weighted by Crippen LogP contribution is 2.65. The van der Waals surface area contributed by atoms with Crippen molar-refractivity contribution >= 4 is 52.5 Å². The molecule has 2 aromatic carbocycles. The van der Waals surface area contributed by atoms with Gasteiger partial charge in [0, 0.05) is 10.6 Å². The first-order chi connectivity index (χ1) is 16.3. The number of allylic oxidation sites excluding steroid dienone is 2. The van der Waals surface area contributed by atoms with Crippen molar-refractivity contribution in [1.82, 2.24) is 0 Å². The quantitative estimate of drug-likeness (QED) is 0.262. The third-order valence-corrected chi connectivity index (χ3v) is 8.14. The Morgan fingerprint density at radius 2 is 1.53 bits per heavy atom. The van der Waals surface area contributed by atoms with Crippen LogP contribution in [0.25, 0.3) is 0 Å². The van der Waals surface area contributed by atoms with Crippen LogP contribution in [0.2, 0.25) is 10.0 Å². The second-order valence-electron chi connectivity index (χ2n) is 9.34. The van der Waals surface area contributed by atoms with E-state index in [4.69, 9.17) is 27.9 Å². The molecule has 5 aliphatic rings. The maximum absolute atomic E-state index is 13.2. The minimum absolute atomic E-state index is 0.152. The highest BCUT2D eigenvalue weighted by Gasteiger charge is 2.67. The van der Waals surface area contributed by atoms with E-state index < -0.39 is 18.4 Å². The van der Waals surface area contributed by atoms with Gasteiger partial charge in [-0.2, -0.15) is 0 Å². The summed E-state index contributed by atoms with van der Waals surface area (Å²) in [6, 6.07) is 10.6. The van der Waals surface area contributed by atoms with E-state index in [1.807, 2.05) is 0 Å². The van der Waals surface area contributed by atoms with Crippen molar-refractivity contribution < 1.29 is 23.9 Å². The Kier molecular flexibility index (Phi) is 4.94. The predicted molar refractivity (Wildman–Crippen MR) is 125 cm³/mol. The summed E-state index contributed by atoms with van der Waals surface area (Å²) in [6.07, 6.45) is 5.37. The Morgan fingerprint density at radius 3 is 2.12 bits per heavy atom. The van der Waals surface area contributed by atoms with Gasteiger partial charge in [0.05, 0.1) is 28.1 Å². The number of esters is 1. The van der Waals surface area contributed by atoms with Gasteiger partial charge in [0.1, 0.15) is 0 Å². The van der Waals surface area contributed by atoms with Crippen LogP contribution >= 0.6 is 23.2 Å². The van der Waals surface area contributed by atoms with E-state index in [1.54, 1.807) is 12.1 Å². The first-order valence-electron chi connectivity index (χ1n) is 11.2. The van der Waals surface area contributed by atoms with Gasteiger partial charge in [-0.25, -0.2) is 4.79 Å². The van der Waals surface area contributed by atoms with Gasteiger partial charge in [0.25, 0.3) is 0 Å². The molecule has 4 aliphatic carbocycles. The number of ether oxygens (including phenoxy) is 1. The molecule has 2 bridgehead atoms. The fraction of sp³-hybridized carbons (Fsp3) is 0.308. The maximum Gasteiger partial charge on any atom is 0.338 e. The number of anilines is 1. The molecule has 0 radical (unpaired) electrons. The molecule has 0 spiro atoms. The number of halogens is 2. The highest BCUT2D eigenvalue weighted by atomic mass is 35.5. The predicted octanol–water partition coefficient (Wildman–Crippen LogP) is 4.59. The number of Topliss-reactive ketones (excluding diaryl/α,β-unsaturated/α-hetero) is 1. The zero-order valence-electron chi connectivity index (χ0n) is 17.8. The zero-order chi connectivity index (χ0) is 23.7. The number of amides is 2. The van der Waals surface area contributed by atoms with E-state index in [1.165, 1.54) is 35.2 Å². The monoisotopic (exact) mass is 495 g/mol. The van der Waals surface area contributed by atoms with Gasteiger partial charge in [0.15, 0.2) is 6.61 Å². The third kappa shape index (κ3) is 3.23. The van der Waals surface area contributed by atoms with E-state index in [0.29, 0.717) is 22.5 Å². The van der Waals surface area contributed by atoms with Gasteiger partial charge in [-0.1, -0.05) is 35.4 Å². The van der Waals surface area contributed by atoms with Crippen LogP contribution in [0.5, 0.6) is 0 Å². The average molecular weight is 496 g/mol. The van der Waals surface area contributed by atoms with Crippen molar-refractivity contribution in [2.75, 3.05) is 11.5 Å². The first kappa shape index (κ1) is 21.6. The molecule has 3 fully saturated rings. The summed E-state index contributed by atoms with van der Waals surface area (Å²) in [6.45, 7) is -0.480. The van der Waals surface area contributed by atoms with Crippen LogP contribution in [0.1, 0.15) is 27.1 Å². The van der Waals surface area contributed by atoms with Gasteiger partial charge in [-0.3, -0.25) is 19.3 Å². The molecular weight excluding hydrogens is 477 g/mol. The van der Waals surface area contributed by atoms with Crippen molar-refractivity contribution in [2.24, 2.45) is 35.5 Å². The van der Waals surface area contributed by atoms with Gasteiger partial charge in [0.2, 0.25) is 17.6 Å². The van der Waals surface area contributed by atoms with Crippen molar-refractivity contribution in [1.29, 1.82) is 0 Å². The summed E-state index contributed by atoms with van der Waals surface area (Å²) in [5.74, 6) is -0.621. The van der Waals surface area contributed by atoms with E-state index >= 15 is 0 Å². The topological polar surface area (TPSA) is 80.8 Å². The zero-order valence-corrected chi connectivity index (χ0v) is 19.3. The van der Waals surface area contributed by atoms with Crippen molar-refractivity contribution in [3.8, 4) is 0 Å². The number of nitrogens with zero attached hydrogens (tertiary/aromatic N) is 1. The molecule has 0 N–H and O–H groups in total. The minimum Gasteiger partial charge on any atom is -0.454 e. The van der Waals surface area contributed by atoms with Gasteiger partial charge < -0.3 is 4.74 Å². The maximum atomic E-state index is 13.2. The fourth-order valence-corrected chi connectivity index (χ4v) is 6.48. The van der Waals surface area contributed by atoms with Crippen LogP contribution in [0.3, 0.4) is 0 Å². The number of imide groups is 1. The molecule has 172 valence electrons. The van der Waals surface area contributed by atoms with Gasteiger partial charge >= 0.3 is 5.97 Å². The second-order valence-corrected chi connectivity index (χ2v) is 10.2. The van der Waals surface area contributed by atoms with Crippen molar-refractivity contribution in [3.05, 3.63) is 75.8 Å². The standard InChI is InChI=1S/C26H19Cl2NO5/c27-13-3-6-17(20(28)9-13)21(30)11-34-26(33)12-1-4-14(5-2-12)29-24(31)22-15-7-8-16(19-10-18(15)19)23(22)25(29)32/h1-9,15-16,18-19,22-23H,10-11H2/t15-,16-,18-,19-,22+,23+/m0/s1. The summed E-state index contributed by atoms with van der Waals surface area (Å²) in [5, 5.41) is 0.577. The summed E-state index contributed by atoms with van der Waals surface area (Å²) in [5.41, 5.74) is 0.860. The molecule has 2 amide bonds. The number of ketones is 1. The Morgan fingerprint density at radius 1 is 0.912 bits per heavy atom. The molecule has 8 heteroatoms. The van der Waals surface area contributed by atoms with Crippen molar-refractivity contribution in [3.63, 3.8) is 0 Å². The molecule has 34 heavy (non-hydrogen) atoms. The average Bonchev–Trinajstić information content (AvgIpc) is 3.61. The van der Waals surface area contributed by atoms with Gasteiger partial charge in [-0.05, 0) is 72.6 Å². The molecule has 1 aliphatic heterocycles. The second kappa shape index (κ2) is 7.79. The molecule has 6 atom stereocenters. The van der Waals surface area contributed by atoms with E-state index in [9.17, 15) is 19.2 Å². The Bertz CT molecular complexity index is 1250. The first-order valence-corrected chi connectivity index (χ1v) is 11.9. The van der Waals surface area contributed by atoms with Crippen molar-refractivity contribution in [2.45, 2.75) is 6.42 Å². The molecule has 0 unspecified atom stereocenters. The highest BCUT2D eigenvalue weighted by molar-refractivity contribution is 6.36. The fourth-order valence-electron chi connectivity index (χ4n) is 5.97. The van der Waals surface area contributed by atoms with E-state index in [0.717, 1.165) is 6.42 Å². The van der Waals surface area contributed by atoms with Crippen LogP contribution < -0.4 is 4.90 Å². The summed E-state index contributed by atoms with van der Waals surface area (Å²) in [7, 11) is 0. The number of hydrogen-bond donors (Lipinski definition) is 0. The number of rotatable bonds is 5. The molecule has 6 nitrogen and oxygen atoms in total. The smallest absolute Gasteiger partial charge is 0.338 e. The van der Waals surface area contributed by atoms with Crippen LogP contribution in [0.4, 0.5) is 5.69 Å². The largest absolute Gasteiger partial charge is 0.454 e. The van der Waals surface area contributed by atoms with Crippen LogP contribution in [0, 0.1) is 35.5 Å². The Balaban J connectivity index is 1.14. The van der Waals surface area contributed by atoms with Crippen LogP contribution in [-0.4, -0.2) is 30.2 Å². The summed E-state index contributed by atoms with van der Waals surface area (Å²) >= 11 is 11.9. The minimum atomic E-state index is -0.694. The number of carbonyl (C=O) groups is 4. The summed E-state index contributed by atoms with van der Waals surface area (Å²) < 4.78 is 5.13. The van der Waals surface area contributed by atoms with Gasteiger partial charge in [-0.15, -0.1) is 0 Å². The van der Waals surface area contributed by atoms with E-state index in [2.05, 4.69) is 12.2 Å². The third-order valence-electron chi connectivity index (χ3n) is 7.59.